The van der Waals surface area contributed by atoms with Crippen LogP contribution in [0.15, 0.2) is 29.2 Å². The molecule has 0 radical (unpaired) electrons. The maximum absolute atomic E-state index is 11.8. The number of thiocarbonyl (C=S) groups is 1. The van der Waals surface area contributed by atoms with E-state index in [0.29, 0.717) is 23.5 Å². The first kappa shape index (κ1) is 17.9. The zero-order valence-electron chi connectivity index (χ0n) is 13.3. The monoisotopic (exact) mass is 353 g/mol. The lowest BCUT2D eigenvalue weighted by molar-refractivity contribution is -0.119. The molecule has 5 nitrogen and oxygen atoms in total. The maximum Gasteiger partial charge on any atom is 0.248 e. The first-order valence-corrected chi connectivity index (χ1v) is 9.27. The van der Waals surface area contributed by atoms with Crippen molar-refractivity contribution in [2.75, 3.05) is 12.4 Å². The average molecular weight is 354 g/mol. The van der Waals surface area contributed by atoms with Crippen LogP contribution in [-0.2, 0) is 4.79 Å². The van der Waals surface area contributed by atoms with Crippen molar-refractivity contribution in [2.45, 2.75) is 43.5 Å². The quantitative estimate of drug-likeness (QED) is 0.415. The van der Waals surface area contributed by atoms with Gasteiger partial charge in [-0.1, -0.05) is 12.8 Å². The average Bonchev–Trinajstić information content (AvgIpc) is 3.05. The number of ether oxygens (including phenoxy) is 1. The van der Waals surface area contributed by atoms with Crippen LogP contribution in [0.3, 0.4) is 0 Å². The highest BCUT2D eigenvalue weighted by molar-refractivity contribution is 8.00. The fourth-order valence-corrected chi connectivity index (χ4v) is 3.32. The van der Waals surface area contributed by atoms with Crippen LogP contribution in [0.2, 0.25) is 0 Å². The van der Waals surface area contributed by atoms with Gasteiger partial charge in [-0.3, -0.25) is 15.6 Å². The zero-order chi connectivity index (χ0) is 16.5. The maximum atomic E-state index is 11.8. The third-order valence-corrected chi connectivity index (χ3v) is 4.74. The molecule has 3 N–H and O–H groups in total. The van der Waals surface area contributed by atoms with E-state index in [9.17, 15) is 4.79 Å². The summed E-state index contributed by atoms with van der Waals surface area (Å²) in [5, 5.41) is 3.69. The van der Waals surface area contributed by atoms with Gasteiger partial charge in [0.05, 0.1) is 12.4 Å². The van der Waals surface area contributed by atoms with E-state index in [2.05, 4.69) is 16.2 Å². The Bertz CT molecular complexity index is 517. The van der Waals surface area contributed by atoms with Crippen LogP contribution in [-0.4, -0.2) is 29.4 Å². The Balaban J connectivity index is 1.63. The molecule has 0 spiro atoms. The lowest BCUT2D eigenvalue weighted by atomic mass is 10.3. The molecule has 0 bridgehead atoms. The van der Waals surface area contributed by atoms with Gasteiger partial charge in [-0.25, -0.2) is 0 Å². The third kappa shape index (κ3) is 6.66. The van der Waals surface area contributed by atoms with Gasteiger partial charge in [0, 0.05) is 10.9 Å². The van der Waals surface area contributed by atoms with Crippen LogP contribution >= 0.6 is 24.0 Å². The minimum absolute atomic E-state index is 0.112. The summed E-state index contributed by atoms with van der Waals surface area (Å²) in [5.74, 6) is 1.05. The van der Waals surface area contributed by atoms with Crippen molar-refractivity contribution in [2.24, 2.45) is 0 Å². The highest BCUT2D eigenvalue weighted by atomic mass is 32.2. The van der Waals surface area contributed by atoms with E-state index in [1.54, 1.807) is 0 Å². The lowest BCUT2D eigenvalue weighted by Gasteiger charge is -2.16. The van der Waals surface area contributed by atoms with Gasteiger partial charge in [-0.15, -0.1) is 11.8 Å². The van der Waals surface area contributed by atoms with E-state index < -0.39 is 0 Å². The van der Waals surface area contributed by atoms with E-state index in [0.717, 1.165) is 23.5 Å². The molecule has 0 aromatic heterocycles. The Hall–Kier alpha value is -1.47. The second-order valence-electron chi connectivity index (χ2n) is 5.32. The molecule has 1 amide bonds. The van der Waals surface area contributed by atoms with Gasteiger partial charge in [0.15, 0.2) is 5.11 Å². The number of hydrogen-bond acceptors (Lipinski definition) is 4. The third-order valence-electron chi connectivity index (χ3n) is 3.51. The number of thioether (sulfide) groups is 1. The van der Waals surface area contributed by atoms with Crippen molar-refractivity contribution in [3.05, 3.63) is 24.3 Å². The fraction of sp³-hybridized carbons (Fsp3) is 0.500. The van der Waals surface area contributed by atoms with E-state index >= 15 is 0 Å². The predicted octanol–water partition coefficient (Wildman–Crippen LogP) is 2.62. The van der Waals surface area contributed by atoms with E-state index in [1.165, 1.54) is 24.6 Å². The fourth-order valence-electron chi connectivity index (χ4n) is 2.40. The highest BCUT2D eigenvalue weighted by Crippen LogP contribution is 2.21. The Morgan fingerprint density at radius 3 is 2.61 bits per heavy atom. The van der Waals surface area contributed by atoms with Gasteiger partial charge >= 0.3 is 0 Å². The molecule has 1 aliphatic rings. The minimum atomic E-state index is -0.112. The topological polar surface area (TPSA) is 62.4 Å². The van der Waals surface area contributed by atoms with Crippen LogP contribution < -0.4 is 20.9 Å². The smallest absolute Gasteiger partial charge is 0.248 e. The number of carbonyl (C=O) groups excluding carboxylic acids is 1. The van der Waals surface area contributed by atoms with Gasteiger partial charge in [0.1, 0.15) is 5.75 Å². The Morgan fingerprint density at radius 2 is 1.96 bits per heavy atom. The highest BCUT2D eigenvalue weighted by Gasteiger charge is 2.15. The van der Waals surface area contributed by atoms with Gasteiger partial charge in [0.25, 0.3) is 0 Å². The molecule has 7 heteroatoms. The number of benzene rings is 1. The summed E-state index contributed by atoms with van der Waals surface area (Å²) >= 11 is 6.64. The predicted molar refractivity (Wildman–Crippen MR) is 97.6 cm³/mol. The molecule has 2 rings (SSSR count). The van der Waals surface area contributed by atoms with Crippen molar-refractivity contribution in [3.63, 3.8) is 0 Å². The second-order valence-corrected chi connectivity index (χ2v) is 6.78. The summed E-state index contributed by atoms with van der Waals surface area (Å²) in [4.78, 5) is 12.8. The second kappa shape index (κ2) is 9.62. The SMILES string of the molecule is CCOc1ccc(SCC(=O)NNC(=S)NC2CCCC2)cc1. The number of hydrogen-bond donors (Lipinski definition) is 3. The Morgan fingerprint density at radius 1 is 1.26 bits per heavy atom. The molecule has 0 heterocycles. The lowest BCUT2D eigenvalue weighted by Crippen LogP contribution is -2.49. The van der Waals surface area contributed by atoms with Crippen molar-refractivity contribution in [3.8, 4) is 5.75 Å². The largest absolute Gasteiger partial charge is 0.494 e. The summed E-state index contributed by atoms with van der Waals surface area (Å²) in [6.07, 6.45) is 4.77. The van der Waals surface area contributed by atoms with Gasteiger partial charge < -0.3 is 10.1 Å². The van der Waals surface area contributed by atoms with Crippen molar-refractivity contribution in [1.82, 2.24) is 16.2 Å². The standard InChI is InChI=1S/C16H23N3O2S2/c1-2-21-13-7-9-14(10-8-13)23-11-15(20)18-19-16(22)17-12-5-3-4-6-12/h7-10,12H,2-6,11H2,1H3,(H,18,20)(H2,17,19,22). The summed E-state index contributed by atoms with van der Waals surface area (Å²) in [6, 6.07) is 8.14. The molecule has 126 valence electrons. The summed E-state index contributed by atoms with van der Waals surface area (Å²) in [5.41, 5.74) is 5.38. The van der Waals surface area contributed by atoms with Crippen molar-refractivity contribution < 1.29 is 9.53 Å². The first-order chi connectivity index (χ1) is 11.2. The van der Waals surface area contributed by atoms with Gasteiger partial charge in [0.2, 0.25) is 5.91 Å². The van der Waals surface area contributed by atoms with Crippen molar-refractivity contribution >= 4 is 35.0 Å². The van der Waals surface area contributed by atoms with Crippen LogP contribution in [0.25, 0.3) is 0 Å². The summed E-state index contributed by atoms with van der Waals surface area (Å²) in [6.45, 7) is 2.60. The van der Waals surface area contributed by atoms with E-state index in [-0.39, 0.29) is 5.91 Å². The number of amides is 1. The molecule has 1 aromatic rings. The van der Waals surface area contributed by atoms with E-state index in [1.807, 2.05) is 31.2 Å². The molecule has 0 saturated heterocycles. The summed E-state index contributed by atoms with van der Waals surface area (Å²) < 4.78 is 5.39. The number of rotatable bonds is 6. The molecular formula is C16H23N3O2S2. The van der Waals surface area contributed by atoms with Crippen LogP contribution in [0, 0.1) is 0 Å². The minimum Gasteiger partial charge on any atom is -0.494 e. The molecule has 1 saturated carbocycles. The first-order valence-electron chi connectivity index (χ1n) is 7.88. The van der Waals surface area contributed by atoms with Gasteiger partial charge in [-0.05, 0) is 56.2 Å². The summed E-state index contributed by atoms with van der Waals surface area (Å²) in [7, 11) is 0. The Labute approximate surface area is 146 Å². The van der Waals surface area contributed by atoms with Crippen LogP contribution in [0.1, 0.15) is 32.6 Å². The normalized spacial score (nSPS) is 14.3. The Kier molecular flexibility index (Phi) is 7.48. The molecule has 1 aliphatic carbocycles. The van der Waals surface area contributed by atoms with Crippen molar-refractivity contribution in [1.29, 1.82) is 0 Å². The van der Waals surface area contributed by atoms with Crippen LogP contribution in [0.4, 0.5) is 0 Å². The molecular weight excluding hydrogens is 330 g/mol. The molecule has 0 aliphatic heterocycles. The van der Waals surface area contributed by atoms with Gasteiger partial charge in [-0.2, -0.15) is 0 Å². The number of hydrazine groups is 1. The molecule has 1 fully saturated rings. The van der Waals surface area contributed by atoms with Crippen LogP contribution in [0.5, 0.6) is 5.75 Å². The molecule has 0 unspecified atom stereocenters. The number of nitrogens with one attached hydrogen (secondary N) is 3. The zero-order valence-corrected chi connectivity index (χ0v) is 14.9. The van der Waals surface area contributed by atoms with E-state index in [4.69, 9.17) is 17.0 Å². The molecule has 0 atom stereocenters. The molecule has 1 aromatic carbocycles. The molecule has 23 heavy (non-hydrogen) atoms. The number of carbonyl (C=O) groups is 1.